The Morgan fingerprint density at radius 2 is 0.724 bits per heavy atom. The van der Waals surface area contributed by atoms with Crippen LogP contribution in [0.15, 0.2) is 40.8 Å². The lowest BCUT2D eigenvalue weighted by Gasteiger charge is -2.18. The third-order valence-corrected chi connectivity index (χ3v) is 11.3. The Balaban J connectivity index is 1.68. The molecule has 3 rings (SSSR count). The fourth-order valence-corrected chi connectivity index (χ4v) is 7.55. The molecule has 1 aromatic heterocycles. The third-order valence-electron chi connectivity index (χ3n) is 11.3. The predicted octanol–water partition coefficient (Wildman–Crippen LogP) is 16.3. The molecule has 0 saturated heterocycles. The average Bonchev–Trinajstić information content (AvgIpc) is 3.75. The molecule has 1 heterocycles. The molecule has 0 N–H and O–H groups in total. The summed E-state index contributed by atoms with van der Waals surface area (Å²) in [4.78, 5) is 0. The van der Waals surface area contributed by atoms with Gasteiger partial charge in [0.15, 0.2) is 11.5 Å². The normalized spacial score (nSPS) is 11.3. The molecule has 2 aromatic carbocycles. The van der Waals surface area contributed by atoms with Crippen LogP contribution in [-0.4, -0.2) is 37.1 Å². The van der Waals surface area contributed by atoms with Gasteiger partial charge in [0.1, 0.15) is 5.75 Å². The van der Waals surface area contributed by atoms with E-state index in [1.54, 1.807) is 7.11 Å². The summed E-state index contributed by atoms with van der Waals surface area (Å²) in [5.74, 6) is 3.77. The number of ether oxygens (including phenoxy) is 4. The summed E-state index contributed by atoms with van der Waals surface area (Å²) in [6.45, 7) is 8.75. The minimum atomic E-state index is 0.430. The molecule has 328 valence electrons. The lowest BCUT2D eigenvalue weighted by molar-refractivity contribution is 0.234. The van der Waals surface area contributed by atoms with E-state index in [1.165, 1.54) is 173 Å². The molecule has 0 bridgehead atoms. The molecule has 0 radical (unpaired) electrons. The molecule has 0 fully saturated rings. The number of unbranched alkanes of at least 4 members (excludes halogenated alkanes) is 27. The van der Waals surface area contributed by atoms with Gasteiger partial charge >= 0.3 is 0 Å². The van der Waals surface area contributed by atoms with Crippen molar-refractivity contribution in [3.05, 3.63) is 36.4 Å². The molecule has 7 heteroatoms. The van der Waals surface area contributed by atoms with Crippen LogP contribution < -0.4 is 18.9 Å². The van der Waals surface area contributed by atoms with Crippen molar-refractivity contribution >= 4 is 0 Å². The molecule has 3 aromatic rings. The Hall–Kier alpha value is -3.22. The fraction of sp³-hybridized carbons (Fsp3) is 0.725. The minimum Gasteiger partial charge on any atom is -0.497 e. The molecule has 0 aliphatic rings. The Kier molecular flexibility index (Phi) is 28.5. The molecule has 7 nitrogen and oxygen atoms in total. The molecule has 58 heavy (non-hydrogen) atoms. The van der Waals surface area contributed by atoms with E-state index in [2.05, 4.69) is 31.0 Å². The number of aromatic nitrogens is 2. The van der Waals surface area contributed by atoms with E-state index in [0.717, 1.165) is 36.1 Å². The molecule has 0 atom stereocenters. The van der Waals surface area contributed by atoms with E-state index in [1.807, 2.05) is 36.4 Å². The number of rotatable bonds is 39. The Labute approximate surface area is 355 Å². The smallest absolute Gasteiger partial charge is 0.248 e. The average molecular weight is 805 g/mol. The largest absolute Gasteiger partial charge is 0.497 e. The lowest BCUT2D eigenvalue weighted by atomic mass is 10.1. The summed E-state index contributed by atoms with van der Waals surface area (Å²) in [7, 11) is 1.66. The Morgan fingerprint density at radius 3 is 1.09 bits per heavy atom. The summed E-state index contributed by atoms with van der Waals surface area (Å²) in [5.41, 5.74) is 1.61. The maximum Gasteiger partial charge on any atom is 0.248 e. The van der Waals surface area contributed by atoms with Gasteiger partial charge in [0, 0.05) is 11.1 Å². The van der Waals surface area contributed by atoms with Crippen LogP contribution in [-0.2, 0) is 0 Å². The van der Waals surface area contributed by atoms with Crippen molar-refractivity contribution in [1.82, 2.24) is 10.2 Å². The first-order valence-corrected chi connectivity index (χ1v) is 24.2. The van der Waals surface area contributed by atoms with E-state index in [0.29, 0.717) is 48.9 Å². The second-order valence-electron chi connectivity index (χ2n) is 16.5. The van der Waals surface area contributed by atoms with E-state index in [4.69, 9.17) is 23.4 Å². The van der Waals surface area contributed by atoms with Gasteiger partial charge in [-0.1, -0.05) is 194 Å². The highest BCUT2D eigenvalue weighted by Gasteiger charge is 2.20. The van der Waals surface area contributed by atoms with E-state index in [-0.39, 0.29) is 0 Å². The van der Waals surface area contributed by atoms with Gasteiger partial charge < -0.3 is 23.4 Å². The first kappa shape index (κ1) is 49.1. The topological polar surface area (TPSA) is 75.8 Å². The molecule has 0 unspecified atom stereocenters. The van der Waals surface area contributed by atoms with E-state index < -0.39 is 0 Å². The van der Waals surface area contributed by atoms with Crippen molar-refractivity contribution in [2.45, 2.75) is 213 Å². The van der Waals surface area contributed by atoms with Gasteiger partial charge in [-0.05, 0) is 55.7 Å². The highest BCUT2D eigenvalue weighted by Crippen LogP contribution is 2.42. The first-order valence-electron chi connectivity index (χ1n) is 24.2. The molecule has 0 aliphatic carbocycles. The quantitative estimate of drug-likeness (QED) is 0.0532. The standard InChI is InChI=1S/C51H84N2O5/c1-5-8-11-14-17-20-23-26-29-32-39-55-47-42-45(51-53-52-50(58-51)44-35-37-46(54-4)38-36-44)43-48(56-40-33-30-27-24-21-18-15-12-9-6-2)49(47)57-41-34-31-28-25-22-19-16-13-10-7-3/h35-38,42-43H,5-34,39-41H2,1-4H3. The number of methoxy groups -OCH3 is 1. The molecular weight excluding hydrogens is 721 g/mol. The van der Waals surface area contributed by atoms with Crippen molar-refractivity contribution in [2.75, 3.05) is 26.9 Å². The van der Waals surface area contributed by atoms with Crippen molar-refractivity contribution in [3.8, 4) is 45.9 Å². The highest BCUT2D eigenvalue weighted by atomic mass is 16.5. The third kappa shape index (κ3) is 21.7. The minimum absolute atomic E-state index is 0.430. The number of nitrogens with zero attached hydrogens (tertiary/aromatic N) is 2. The van der Waals surface area contributed by atoms with Gasteiger partial charge in [0.2, 0.25) is 17.5 Å². The van der Waals surface area contributed by atoms with Crippen LogP contribution in [0.4, 0.5) is 0 Å². The van der Waals surface area contributed by atoms with Gasteiger partial charge in [-0.2, -0.15) is 0 Å². The van der Waals surface area contributed by atoms with E-state index >= 15 is 0 Å². The Morgan fingerprint density at radius 1 is 0.397 bits per heavy atom. The van der Waals surface area contributed by atoms with Gasteiger partial charge in [0.05, 0.1) is 26.9 Å². The molecule has 0 spiro atoms. The van der Waals surface area contributed by atoms with Crippen molar-refractivity contribution < 1.29 is 23.4 Å². The first-order chi connectivity index (χ1) is 28.7. The molecule has 0 amide bonds. The van der Waals surface area contributed by atoms with E-state index in [9.17, 15) is 0 Å². The second-order valence-corrected chi connectivity index (χ2v) is 16.5. The van der Waals surface area contributed by atoms with Crippen LogP contribution >= 0.6 is 0 Å². The van der Waals surface area contributed by atoms with Crippen LogP contribution in [0.5, 0.6) is 23.0 Å². The number of hydrogen-bond acceptors (Lipinski definition) is 7. The lowest BCUT2D eigenvalue weighted by Crippen LogP contribution is -2.07. The highest BCUT2D eigenvalue weighted by molar-refractivity contribution is 5.67. The van der Waals surface area contributed by atoms with Gasteiger partial charge in [0.25, 0.3) is 0 Å². The van der Waals surface area contributed by atoms with Crippen LogP contribution in [0.1, 0.15) is 213 Å². The summed E-state index contributed by atoms with van der Waals surface area (Å²) in [6, 6.07) is 11.7. The van der Waals surface area contributed by atoms with Gasteiger partial charge in [-0.3, -0.25) is 0 Å². The number of hydrogen-bond donors (Lipinski definition) is 0. The number of benzene rings is 2. The second kappa shape index (κ2) is 33.6. The maximum atomic E-state index is 6.60. The zero-order valence-corrected chi connectivity index (χ0v) is 37.7. The van der Waals surface area contributed by atoms with Gasteiger partial charge in [-0.15, -0.1) is 10.2 Å². The zero-order valence-electron chi connectivity index (χ0n) is 37.7. The summed E-state index contributed by atoms with van der Waals surface area (Å²) >= 11 is 0. The summed E-state index contributed by atoms with van der Waals surface area (Å²) in [6.07, 6.45) is 38.6. The van der Waals surface area contributed by atoms with Crippen LogP contribution in [0.25, 0.3) is 22.9 Å². The summed E-state index contributed by atoms with van der Waals surface area (Å²) in [5, 5.41) is 8.87. The Bertz CT molecular complexity index is 1340. The monoisotopic (exact) mass is 805 g/mol. The SMILES string of the molecule is CCCCCCCCCCCCOc1cc(-c2nnc(-c3ccc(OC)cc3)o2)cc(OCCCCCCCCCCCC)c1OCCCCCCCCCCCC. The van der Waals surface area contributed by atoms with Crippen LogP contribution in [0, 0.1) is 0 Å². The maximum absolute atomic E-state index is 6.60. The van der Waals surface area contributed by atoms with Crippen molar-refractivity contribution in [1.29, 1.82) is 0 Å². The van der Waals surface area contributed by atoms with Gasteiger partial charge in [-0.25, -0.2) is 0 Å². The van der Waals surface area contributed by atoms with Crippen molar-refractivity contribution in [2.24, 2.45) is 0 Å². The summed E-state index contributed by atoms with van der Waals surface area (Å²) < 4.78 is 31.4. The fourth-order valence-electron chi connectivity index (χ4n) is 7.55. The van der Waals surface area contributed by atoms with Crippen LogP contribution in [0.2, 0.25) is 0 Å². The predicted molar refractivity (Wildman–Crippen MR) is 244 cm³/mol. The molecule has 0 saturated carbocycles. The molecular formula is C51H84N2O5. The van der Waals surface area contributed by atoms with Crippen LogP contribution in [0.3, 0.4) is 0 Å². The zero-order chi connectivity index (χ0) is 41.1. The molecule has 0 aliphatic heterocycles. The van der Waals surface area contributed by atoms with Crippen molar-refractivity contribution in [3.63, 3.8) is 0 Å².